The predicted molar refractivity (Wildman–Crippen MR) is 98.0 cm³/mol. The summed E-state index contributed by atoms with van der Waals surface area (Å²) >= 11 is 1.68. The molecule has 0 unspecified atom stereocenters. The molecule has 0 atom stereocenters. The van der Waals surface area contributed by atoms with Crippen LogP contribution < -0.4 is 5.32 Å². The number of anilines is 1. The average molecular weight is 377 g/mol. The van der Waals surface area contributed by atoms with Gasteiger partial charge in [-0.1, -0.05) is 0 Å². The number of nitrogens with zero attached hydrogens (tertiary/aromatic N) is 2. The first-order chi connectivity index (χ1) is 12.4. The van der Waals surface area contributed by atoms with E-state index in [1.54, 1.807) is 16.0 Å². The molecule has 0 aliphatic carbocycles. The number of alkyl halides is 3. The van der Waals surface area contributed by atoms with Crippen LogP contribution in [0.1, 0.15) is 28.8 Å². The van der Waals surface area contributed by atoms with Crippen LogP contribution in [0.15, 0.2) is 36.4 Å². The predicted octanol–water partition coefficient (Wildman–Crippen LogP) is 5.68. The van der Waals surface area contributed by atoms with Gasteiger partial charge in [-0.2, -0.15) is 18.3 Å². The van der Waals surface area contributed by atoms with Crippen LogP contribution >= 0.6 is 11.3 Å². The zero-order valence-corrected chi connectivity index (χ0v) is 15.0. The molecule has 0 amide bonds. The van der Waals surface area contributed by atoms with Crippen molar-refractivity contribution < 1.29 is 13.2 Å². The van der Waals surface area contributed by atoms with Gasteiger partial charge in [-0.25, -0.2) is 4.68 Å². The van der Waals surface area contributed by atoms with E-state index in [1.807, 2.05) is 0 Å². The first kappa shape index (κ1) is 17.1. The van der Waals surface area contributed by atoms with Crippen molar-refractivity contribution in [3.8, 4) is 16.3 Å². The molecule has 7 heteroatoms. The third-order valence-corrected chi connectivity index (χ3v) is 5.55. The van der Waals surface area contributed by atoms with Crippen LogP contribution in [-0.4, -0.2) is 16.3 Å². The van der Waals surface area contributed by atoms with E-state index in [4.69, 9.17) is 5.10 Å². The van der Waals surface area contributed by atoms with E-state index >= 15 is 0 Å². The third-order valence-electron chi connectivity index (χ3n) is 4.54. The summed E-state index contributed by atoms with van der Waals surface area (Å²) in [5.41, 5.74) is 2.04. The minimum atomic E-state index is -4.34. The number of fused-ring (bicyclic) bond motifs is 1. The van der Waals surface area contributed by atoms with Crippen molar-refractivity contribution in [2.75, 3.05) is 11.9 Å². The Kier molecular flexibility index (Phi) is 4.26. The number of hydrogen-bond acceptors (Lipinski definition) is 3. The number of benzene rings is 1. The Labute approximate surface area is 153 Å². The van der Waals surface area contributed by atoms with E-state index in [9.17, 15) is 13.2 Å². The maximum absolute atomic E-state index is 12.8. The highest BCUT2D eigenvalue weighted by Crippen LogP contribution is 2.37. The molecule has 0 bridgehead atoms. The lowest BCUT2D eigenvalue weighted by atomic mass is 10.1. The molecule has 0 saturated heterocycles. The molecule has 3 aromatic rings. The smallest absolute Gasteiger partial charge is 0.370 e. The molecule has 2 aromatic heterocycles. The number of rotatable bonds is 2. The fourth-order valence-corrected chi connectivity index (χ4v) is 4.12. The quantitative estimate of drug-likeness (QED) is 0.623. The normalized spacial score (nSPS) is 14.6. The van der Waals surface area contributed by atoms with Crippen molar-refractivity contribution in [1.82, 2.24) is 9.78 Å². The number of aromatic nitrogens is 2. The van der Waals surface area contributed by atoms with Crippen LogP contribution in [0.2, 0.25) is 0 Å². The molecule has 0 fully saturated rings. The summed E-state index contributed by atoms with van der Waals surface area (Å²) in [6.07, 6.45) is -1.30. The van der Waals surface area contributed by atoms with Gasteiger partial charge >= 0.3 is 6.18 Å². The van der Waals surface area contributed by atoms with Gasteiger partial charge in [0.05, 0.1) is 16.1 Å². The first-order valence-electron chi connectivity index (χ1n) is 8.54. The SMILES string of the molecule is Cc1ccc(-c2nn(-c3ccc(C(F)(F)F)cc3)c3c2CCCCN3)s1. The monoisotopic (exact) mass is 377 g/mol. The fourth-order valence-electron chi connectivity index (χ4n) is 3.24. The molecule has 1 aromatic carbocycles. The maximum Gasteiger partial charge on any atom is 0.416 e. The second kappa shape index (κ2) is 6.46. The summed E-state index contributed by atoms with van der Waals surface area (Å²) in [6.45, 7) is 2.89. The van der Waals surface area contributed by atoms with Crippen molar-refractivity contribution in [2.24, 2.45) is 0 Å². The van der Waals surface area contributed by atoms with E-state index in [-0.39, 0.29) is 0 Å². The van der Waals surface area contributed by atoms with Gasteiger partial charge in [0.2, 0.25) is 0 Å². The second-order valence-corrected chi connectivity index (χ2v) is 7.71. The van der Waals surface area contributed by atoms with Crippen LogP contribution in [0.25, 0.3) is 16.3 Å². The lowest BCUT2D eigenvalue weighted by Crippen LogP contribution is -2.08. The standard InChI is InChI=1S/C19H18F3N3S/c1-12-5-10-16(26-12)17-15-4-2-3-11-23-18(15)25(24-17)14-8-6-13(7-9-14)19(20,21)22/h5-10,23H,2-4,11H2,1H3. The summed E-state index contributed by atoms with van der Waals surface area (Å²) in [4.78, 5) is 2.30. The second-order valence-electron chi connectivity index (χ2n) is 6.43. The highest BCUT2D eigenvalue weighted by atomic mass is 32.1. The van der Waals surface area contributed by atoms with Gasteiger partial charge in [-0.05, 0) is 62.6 Å². The van der Waals surface area contributed by atoms with Gasteiger partial charge in [-0.3, -0.25) is 0 Å². The van der Waals surface area contributed by atoms with Crippen molar-refractivity contribution in [2.45, 2.75) is 32.4 Å². The Morgan fingerprint density at radius 1 is 1.08 bits per heavy atom. The average Bonchev–Trinajstić information content (AvgIpc) is 3.10. The minimum absolute atomic E-state index is 0.628. The molecule has 0 spiro atoms. The van der Waals surface area contributed by atoms with Crippen molar-refractivity contribution >= 4 is 17.2 Å². The third kappa shape index (κ3) is 3.11. The van der Waals surface area contributed by atoms with Crippen LogP contribution in [0.5, 0.6) is 0 Å². The molecule has 1 aliphatic heterocycles. The first-order valence-corrected chi connectivity index (χ1v) is 9.35. The van der Waals surface area contributed by atoms with Crippen LogP contribution in [0.3, 0.4) is 0 Å². The molecule has 3 nitrogen and oxygen atoms in total. The molecule has 1 N–H and O–H groups in total. The Balaban J connectivity index is 1.82. The summed E-state index contributed by atoms with van der Waals surface area (Å²) in [5, 5.41) is 8.18. The Morgan fingerprint density at radius 3 is 2.50 bits per heavy atom. The highest BCUT2D eigenvalue weighted by Gasteiger charge is 2.30. The zero-order valence-electron chi connectivity index (χ0n) is 14.2. The molecule has 26 heavy (non-hydrogen) atoms. The summed E-state index contributed by atoms with van der Waals surface area (Å²) < 4.78 is 40.3. The van der Waals surface area contributed by atoms with Crippen LogP contribution in [-0.2, 0) is 12.6 Å². The van der Waals surface area contributed by atoms with Gasteiger partial charge in [0, 0.05) is 17.0 Å². The minimum Gasteiger partial charge on any atom is -0.370 e. The number of halogens is 3. The van der Waals surface area contributed by atoms with Crippen molar-refractivity contribution in [3.05, 3.63) is 52.4 Å². The van der Waals surface area contributed by atoms with Gasteiger partial charge in [0.15, 0.2) is 0 Å². The van der Waals surface area contributed by atoms with Crippen LogP contribution in [0.4, 0.5) is 19.0 Å². The molecule has 4 rings (SSSR count). The van der Waals surface area contributed by atoms with Crippen molar-refractivity contribution in [1.29, 1.82) is 0 Å². The molecular weight excluding hydrogens is 359 g/mol. The van der Waals surface area contributed by atoms with E-state index in [2.05, 4.69) is 24.4 Å². The van der Waals surface area contributed by atoms with E-state index in [0.29, 0.717) is 5.69 Å². The van der Waals surface area contributed by atoms with Gasteiger partial charge < -0.3 is 5.32 Å². The molecule has 0 radical (unpaired) electrons. The molecule has 136 valence electrons. The zero-order chi connectivity index (χ0) is 18.3. The maximum atomic E-state index is 12.8. The lowest BCUT2D eigenvalue weighted by Gasteiger charge is -2.11. The lowest BCUT2D eigenvalue weighted by molar-refractivity contribution is -0.137. The summed E-state index contributed by atoms with van der Waals surface area (Å²) in [7, 11) is 0. The molecule has 0 saturated carbocycles. The van der Waals surface area contributed by atoms with Gasteiger partial charge in [0.1, 0.15) is 11.5 Å². The van der Waals surface area contributed by atoms with Crippen LogP contribution in [0, 0.1) is 6.92 Å². The largest absolute Gasteiger partial charge is 0.416 e. The number of hydrogen-bond donors (Lipinski definition) is 1. The summed E-state index contributed by atoms with van der Waals surface area (Å²) in [6, 6.07) is 9.29. The molecule has 3 heterocycles. The molecule has 1 aliphatic rings. The van der Waals surface area contributed by atoms with Gasteiger partial charge in [0.25, 0.3) is 0 Å². The topological polar surface area (TPSA) is 29.9 Å². The molecular formula is C19H18F3N3S. The summed E-state index contributed by atoms with van der Waals surface area (Å²) in [5.74, 6) is 0.892. The Morgan fingerprint density at radius 2 is 1.85 bits per heavy atom. The van der Waals surface area contributed by atoms with E-state index in [0.717, 1.165) is 59.9 Å². The van der Waals surface area contributed by atoms with E-state index < -0.39 is 11.7 Å². The number of thiophene rings is 1. The highest BCUT2D eigenvalue weighted by molar-refractivity contribution is 7.15. The fraction of sp³-hybridized carbons (Fsp3) is 0.316. The Hall–Kier alpha value is -2.28. The Bertz CT molecular complexity index is 923. The number of aryl methyl sites for hydroxylation is 1. The van der Waals surface area contributed by atoms with E-state index in [1.165, 1.54) is 17.0 Å². The van der Waals surface area contributed by atoms with Gasteiger partial charge in [-0.15, -0.1) is 11.3 Å². The number of nitrogens with one attached hydrogen (secondary N) is 1. The van der Waals surface area contributed by atoms with Crippen molar-refractivity contribution in [3.63, 3.8) is 0 Å².